The molecule has 16 heavy (non-hydrogen) atoms. The Balaban J connectivity index is 0. The van der Waals surface area contributed by atoms with Crippen molar-refractivity contribution in [1.29, 1.82) is 0 Å². The summed E-state index contributed by atoms with van der Waals surface area (Å²) in [5.41, 5.74) is 0. The molecular weight excluding hydrogens is 252 g/mol. The second kappa shape index (κ2) is 6.50. The van der Waals surface area contributed by atoms with Crippen LogP contribution in [-0.4, -0.2) is 24.0 Å². The molecule has 0 aliphatic heterocycles. The average molecular weight is 252 g/mol. The molecule has 0 amide bonds. The number of hydrogen-bond donors (Lipinski definition) is 0. The third-order valence-corrected chi connectivity index (χ3v) is 1.49. The van der Waals surface area contributed by atoms with Crippen LogP contribution in [0.3, 0.4) is 0 Å². The third kappa shape index (κ3) is 6.42. The maximum Gasteiger partial charge on any atom is 1.00 e. The Morgan fingerprint density at radius 1 is 0.938 bits per heavy atom. The molecule has 12 heteroatoms. The van der Waals surface area contributed by atoms with Crippen LogP contribution in [0, 0.1) is 0 Å². The van der Waals surface area contributed by atoms with Gasteiger partial charge in [0.1, 0.15) is 0 Å². The van der Waals surface area contributed by atoms with Gasteiger partial charge < -0.3 is 13.9 Å². The fourth-order valence-corrected chi connectivity index (χ4v) is 0.880. The van der Waals surface area contributed by atoms with Crippen molar-refractivity contribution in [3.05, 3.63) is 0 Å². The molecule has 0 atom stereocenters. The molecule has 0 spiro atoms. The predicted molar refractivity (Wildman–Crippen MR) is 32.0 cm³/mol. The summed E-state index contributed by atoms with van der Waals surface area (Å²) in [5, 5.41) is 0. The molecule has 0 saturated carbocycles. The average Bonchev–Trinajstić information content (AvgIpc) is 2.01. The predicted octanol–water partition coefficient (Wildman–Crippen LogP) is -4.46. The molecule has 0 aromatic carbocycles. The SMILES string of the molecule is O=C(F)C(=O)OP(=O)([O-])OC(=O)C(=O)F.[Li+]. The minimum atomic E-state index is -5.78. The number of carbonyl (C=O) groups excluding carboxylic acids is 4. The topological polar surface area (TPSA) is 127 Å². The van der Waals surface area contributed by atoms with Crippen molar-refractivity contribution >= 4 is 31.8 Å². The van der Waals surface area contributed by atoms with Crippen molar-refractivity contribution in [3.63, 3.8) is 0 Å². The Labute approximate surface area is 97.7 Å². The first-order valence-electron chi connectivity index (χ1n) is 2.83. The molecule has 0 unspecified atom stereocenters. The molecule has 0 aliphatic rings. The van der Waals surface area contributed by atoms with Crippen LogP contribution in [-0.2, 0) is 32.8 Å². The Kier molecular flexibility index (Phi) is 7.04. The van der Waals surface area contributed by atoms with Crippen molar-refractivity contribution in [2.24, 2.45) is 0 Å². The van der Waals surface area contributed by atoms with E-state index in [1.165, 1.54) is 0 Å². The monoisotopic (exact) mass is 252 g/mol. The molecule has 0 fully saturated rings. The van der Waals surface area contributed by atoms with Crippen LogP contribution in [0.2, 0.25) is 0 Å². The van der Waals surface area contributed by atoms with E-state index >= 15 is 0 Å². The van der Waals surface area contributed by atoms with Gasteiger partial charge >= 0.3 is 50.7 Å². The van der Waals surface area contributed by atoms with Gasteiger partial charge in [0, 0.05) is 0 Å². The van der Waals surface area contributed by atoms with Crippen molar-refractivity contribution in [3.8, 4) is 0 Å². The largest absolute Gasteiger partial charge is 1.00 e. The van der Waals surface area contributed by atoms with E-state index in [0.717, 1.165) is 0 Å². The molecule has 84 valence electrons. The maximum absolute atomic E-state index is 11.5. The minimum Gasteiger partial charge on any atom is -0.736 e. The number of phosphoric ester groups is 1. The van der Waals surface area contributed by atoms with Crippen LogP contribution in [0.15, 0.2) is 0 Å². The first-order chi connectivity index (χ1) is 6.65. The second-order valence-corrected chi connectivity index (χ2v) is 3.01. The number of halogens is 2. The summed E-state index contributed by atoms with van der Waals surface area (Å²) < 4.78 is 39.3. The number of phosphoric acid groups is 1. The van der Waals surface area contributed by atoms with Gasteiger partial charge in [-0.3, -0.25) is 0 Å². The Morgan fingerprint density at radius 3 is 1.38 bits per heavy atom. The molecule has 0 N–H and O–H groups in total. The van der Waals surface area contributed by atoms with Crippen molar-refractivity contribution < 1.29 is 65.3 Å². The van der Waals surface area contributed by atoms with E-state index in [0.29, 0.717) is 0 Å². The normalized spacial score (nSPS) is 9.69. The molecule has 0 bridgehead atoms. The van der Waals surface area contributed by atoms with Gasteiger partial charge in [-0.05, 0) is 0 Å². The molecule has 0 saturated heterocycles. The van der Waals surface area contributed by atoms with E-state index in [1.54, 1.807) is 0 Å². The minimum absolute atomic E-state index is 0. The van der Waals surface area contributed by atoms with Crippen LogP contribution in [0.1, 0.15) is 0 Å². The Hall–Kier alpha value is -1.07. The zero-order valence-electron chi connectivity index (χ0n) is 7.47. The Morgan fingerprint density at radius 2 is 1.19 bits per heavy atom. The van der Waals surface area contributed by atoms with E-state index in [9.17, 15) is 37.4 Å². The number of rotatable bonds is 4. The van der Waals surface area contributed by atoms with Crippen LogP contribution in [0.25, 0.3) is 0 Å². The summed E-state index contributed by atoms with van der Waals surface area (Å²) in [5.74, 6) is -4.99. The molecule has 0 rings (SSSR count). The van der Waals surface area contributed by atoms with E-state index in [4.69, 9.17) is 0 Å². The summed E-state index contributed by atoms with van der Waals surface area (Å²) in [6, 6.07) is -5.57. The van der Waals surface area contributed by atoms with Crippen LogP contribution < -0.4 is 23.8 Å². The molecule has 8 nitrogen and oxygen atoms in total. The van der Waals surface area contributed by atoms with E-state index in [2.05, 4.69) is 9.05 Å². The molecular formula is C4F2LiO8P. The van der Waals surface area contributed by atoms with Gasteiger partial charge in [0.25, 0.3) is 0 Å². The van der Waals surface area contributed by atoms with Gasteiger partial charge in [-0.2, -0.15) is 8.78 Å². The van der Waals surface area contributed by atoms with Gasteiger partial charge in [0.05, 0.1) is 0 Å². The fourth-order valence-electron chi connectivity index (χ4n) is 0.293. The van der Waals surface area contributed by atoms with Crippen LogP contribution in [0.5, 0.6) is 0 Å². The summed E-state index contributed by atoms with van der Waals surface area (Å²) in [6.07, 6.45) is 0. The Bertz CT molecular complexity index is 348. The van der Waals surface area contributed by atoms with Gasteiger partial charge in [0.2, 0.25) is 0 Å². The molecule has 0 radical (unpaired) electrons. The van der Waals surface area contributed by atoms with Crippen LogP contribution >= 0.6 is 7.82 Å². The summed E-state index contributed by atoms with van der Waals surface area (Å²) in [7, 11) is -5.78. The summed E-state index contributed by atoms with van der Waals surface area (Å²) >= 11 is 0. The zero-order chi connectivity index (χ0) is 12.2. The number of hydrogen-bond acceptors (Lipinski definition) is 8. The van der Waals surface area contributed by atoms with Gasteiger partial charge in [-0.1, -0.05) is 0 Å². The van der Waals surface area contributed by atoms with Crippen molar-refractivity contribution in [2.75, 3.05) is 0 Å². The van der Waals surface area contributed by atoms with E-state index < -0.39 is 31.8 Å². The molecule has 0 aliphatic carbocycles. The summed E-state index contributed by atoms with van der Waals surface area (Å²) in [4.78, 5) is 49.5. The van der Waals surface area contributed by atoms with E-state index in [1.807, 2.05) is 0 Å². The smallest absolute Gasteiger partial charge is 0.736 e. The van der Waals surface area contributed by atoms with Gasteiger partial charge in [0.15, 0.2) is 0 Å². The van der Waals surface area contributed by atoms with Gasteiger partial charge in [-0.15, -0.1) is 0 Å². The quantitative estimate of drug-likeness (QED) is 0.212. The molecule has 0 aromatic heterocycles. The first kappa shape index (κ1) is 17.3. The van der Waals surface area contributed by atoms with Crippen LogP contribution in [0.4, 0.5) is 8.78 Å². The third-order valence-electron chi connectivity index (χ3n) is 0.710. The summed E-state index contributed by atoms with van der Waals surface area (Å²) in [6.45, 7) is 0. The number of carbonyl (C=O) groups is 4. The first-order valence-corrected chi connectivity index (χ1v) is 4.29. The van der Waals surface area contributed by atoms with Gasteiger partial charge in [-0.25, -0.2) is 23.7 Å². The maximum atomic E-state index is 11.5. The second-order valence-electron chi connectivity index (χ2n) is 1.75. The molecule has 0 aromatic rings. The van der Waals surface area contributed by atoms with E-state index in [-0.39, 0.29) is 18.9 Å². The molecule has 0 heterocycles. The standard InChI is InChI=1S/C4HF2O8P.Li/c5-1(7)3(9)13-15(11,12)14-4(10)2(6)8;/h(H,11,12);/q;+1/p-1. The van der Waals surface area contributed by atoms with Crippen molar-refractivity contribution in [2.45, 2.75) is 0 Å². The van der Waals surface area contributed by atoms with Crippen molar-refractivity contribution in [1.82, 2.24) is 0 Å². The zero-order valence-corrected chi connectivity index (χ0v) is 8.36. The fraction of sp³-hybridized carbons (Fsp3) is 0.